The van der Waals surface area contributed by atoms with Gasteiger partial charge in [-0.2, -0.15) is 0 Å². The summed E-state index contributed by atoms with van der Waals surface area (Å²) < 4.78 is 19.5. The minimum Gasteiger partial charge on any atom is -0.497 e. The summed E-state index contributed by atoms with van der Waals surface area (Å²) in [5.74, 6) is 1.09. The molecule has 2 saturated heterocycles. The number of aryl methyl sites for hydroxylation is 2. The standard InChI is InChI=1S/C22H27FN4O2/c1-15-11-16(2)25-21(24-15)27-10-8-22(14-27)7-4-9-26(20(22)28)13-17-12-18(29-3)5-6-19(17)23/h5-6,11-12H,4,7-10,13-14H2,1-3H3/t22-/m0/s1. The third-order valence-corrected chi connectivity index (χ3v) is 6.05. The summed E-state index contributed by atoms with van der Waals surface area (Å²) in [6.45, 7) is 6.21. The first kappa shape index (κ1) is 19.6. The van der Waals surface area contributed by atoms with Gasteiger partial charge in [-0.25, -0.2) is 14.4 Å². The molecule has 3 heterocycles. The number of amides is 1. The molecule has 0 N–H and O–H groups in total. The lowest BCUT2D eigenvalue weighted by Crippen LogP contribution is -2.49. The van der Waals surface area contributed by atoms with Crippen LogP contribution in [0.4, 0.5) is 10.3 Å². The van der Waals surface area contributed by atoms with E-state index in [9.17, 15) is 9.18 Å². The molecule has 154 valence electrons. The predicted molar refractivity (Wildman–Crippen MR) is 108 cm³/mol. The molecule has 0 saturated carbocycles. The number of halogens is 1. The Balaban J connectivity index is 1.53. The number of hydrogen-bond acceptors (Lipinski definition) is 5. The fourth-order valence-electron chi connectivity index (χ4n) is 4.58. The predicted octanol–water partition coefficient (Wildman–Crippen LogP) is 3.26. The first-order valence-electron chi connectivity index (χ1n) is 10.1. The van der Waals surface area contributed by atoms with Crippen LogP contribution < -0.4 is 9.64 Å². The van der Waals surface area contributed by atoms with Crippen LogP contribution in [0.15, 0.2) is 24.3 Å². The molecule has 1 amide bonds. The quantitative estimate of drug-likeness (QED) is 0.791. The molecular formula is C22H27FN4O2. The third-order valence-electron chi connectivity index (χ3n) is 6.05. The number of aromatic nitrogens is 2. The van der Waals surface area contributed by atoms with E-state index >= 15 is 0 Å². The topological polar surface area (TPSA) is 58.6 Å². The molecule has 2 aliphatic heterocycles. The minimum absolute atomic E-state index is 0.109. The molecule has 0 bridgehead atoms. The number of carbonyl (C=O) groups excluding carboxylic acids is 1. The molecule has 2 aromatic rings. The highest BCUT2D eigenvalue weighted by Crippen LogP contribution is 2.41. The maximum atomic E-state index is 14.3. The molecule has 1 aromatic heterocycles. The van der Waals surface area contributed by atoms with E-state index in [-0.39, 0.29) is 18.3 Å². The third kappa shape index (κ3) is 3.78. The van der Waals surface area contributed by atoms with Crippen molar-refractivity contribution >= 4 is 11.9 Å². The van der Waals surface area contributed by atoms with Gasteiger partial charge in [-0.15, -0.1) is 0 Å². The van der Waals surface area contributed by atoms with E-state index in [0.717, 1.165) is 37.2 Å². The first-order chi connectivity index (χ1) is 13.9. The second-order valence-electron chi connectivity index (χ2n) is 8.19. The van der Waals surface area contributed by atoms with E-state index in [1.807, 2.05) is 19.9 Å². The van der Waals surface area contributed by atoms with Crippen LogP contribution in [0.25, 0.3) is 0 Å². The number of methoxy groups -OCH3 is 1. The van der Waals surface area contributed by atoms with Crippen LogP contribution in [-0.2, 0) is 11.3 Å². The summed E-state index contributed by atoms with van der Waals surface area (Å²) >= 11 is 0. The molecule has 2 fully saturated rings. The van der Waals surface area contributed by atoms with Gasteiger partial charge in [0.2, 0.25) is 11.9 Å². The normalized spacial score (nSPS) is 21.9. The Morgan fingerprint density at radius 1 is 1.14 bits per heavy atom. The molecule has 1 aromatic carbocycles. The van der Waals surface area contributed by atoms with Gasteiger partial charge < -0.3 is 14.5 Å². The average molecular weight is 398 g/mol. The van der Waals surface area contributed by atoms with Gasteiger partial charge in [0.1, 0.15) is 11.6 Å². The number of anilines is 1. The highest BCUT2D eigenvalue weighted by molar-refractivity contribution is 5.85. The zero-order valence-electron chi connectivity index (χ0n) is 17.2. The van der Waals surface area contributed by atoms with Crippen molar-refractivity contribution in [3.63, 3.8) is 0 Å². The van der Waals surface area contributed by atoms with Crippen LogP contribution in [0.1, 0.15) is 36.2 Å². The van der Waals surface area contributed by atoms with Crippen molar-refractivity contribution < 1.29 is 13.9 Å². The largest absolute Gasteiger partial charge is 0.497 e. The number of benzene rings is 1. The summed E-state index contributed by atoms with van der Waals surface area (Å²) in [6.07, 6.45) is 2.54. The molecule has 1 spiro atoms. The molecule has 2 aliphatic rings. The van der Waals surface area contributed by atoms with Gasteiger partial charge >= 0.3 is 0 Å². The number of nitrogens with zero attached hydrogens (tertiary/aromatic N) is 4. The van der Waals surface area contributed by atoms with Gasteiger partial charge in [-0.1, -0.05) is 0 Å². The number of hydrogen-bond donors (Lipinski definition) is 0. The van der Waals surface area contributed by atoms with Crippen LogP contribution in [0.3, 0.4) is 0 Å². The molecule has 0 aliphatic carbocycles. The number of piperidine rings is 1. The fraction of sp³-hybridized carbons (Fsp3) is 0.500. The molecule has 4 rings (SSSR count). The van der Waals surface area contributed by atoms with E-state index in [1.165, 1.54) is 6.07 Å². The van der Waals surface area contributed by atoms with Gasteiger partial charge in [0, 0.05) is 43.1 Å². The van der Waals surface area contributed by atoms with Gasteiger partial charge in [-0.05, 0) is 57.4 Å². The highest BCUT2D eigenvalue weighted by Gasteiger charge is 2.49. The summed E-state index contributed by atoms with van der Waals surface area (Å²) in [7, 11) is 1.56. The van der Waals surface area contributed by atoms with Crippen molar-refractivity contribution in [2.75, 3.05) is 31.6 Å². The Labute approximate surface area is 170 Å². The Hall–Kier alpha value is -2.70. The molecule has 0 unspecified atom stereocenters. The second kappa shape index (κ2) is 7.61. The second-order valence-corrected chi connectivity index (χ2v) is 8.19. The van der Waals surface area contributed by atoms with Crippen molar-refractivity contribution in [2.24, 2.45) is 5.41 Å². The van der Waals surface area contributed by atoms with Crippen molar-refractivity contribution in [3.05, 3.63) is 47.0 Å². The summed E-state index contributed by atoms with van der Waals surface area (Å²) in [6, 6.07) is 6.61. The number of carbonyl (C=O) groups is 1. The van der Waals surface area contributed by atoms with E-state index < -0.39 is 5.41 Å². The average Bonchev–Trinajstić information content (AvgIpc) is 3.11. The maximum absolute atomic E-state index is 14.3. The van der Waals surface area contributed by atoms with Crippen molar-refractivity contribution in [2.45, 2.75) is 39.7 Å². The zero-order chi connectivity index (χ0) is 20.6. The minimum atomic E-state index is -0.436. The molecule has 7 heteroatoms. The first-order valence-corrected chi connectivity index (χ1v) is 10.1. The van der Waals surface area contributed by atoms with Crippen LogP contribution in [0, 0.1) is 25.1 Å². The van der Waals surface area contributed by atoms with Crippen LogP contribution in [0.2, 0.25) is 0 Å². The zero-order valence-corrected chi connectivity index (χ0v) is 17.2. The number of likely N-dealkylation sites (tertiary alicyclic amines) is 1. The monoisotopic (exact) mass is 398 g/mol. The maximum Gasteiger partial charge on any atom is 0.230 e. The summed E-state index contributed by atoms with van der Waals surface area (Å²) in [5, 5.41) is 0. The lowest BCUT2D eigenvalue weighted by Gasteiger charge is -2.39. The van der Waals surface area contributed by atoms with E-state index in [0.29, 0.717) is 30.4 Å². The molecule has 1 atom stereocenters. The Morgan fingerprint density at radius 3 is 2.62 bits per heavy atom. The van der Waals surface area contributed by atoms with Crippen molar-refractivity contribution in [3.8, 4) is 5.75 Å². The molecular weight excluding hydrogens is 371 g/mol. The lowest BCUT2D eigenvalue weighted by atomic mass is 9.78. The van der Waals surface area contributed by atoms with E-state index in [4.69, 9.17) is 4.74 Å². The van der Waals surface area contributed by atoms with Crippen LogP contribution in [0.5, 0.6) is 5.75 Å². The van der Waals surface area contributed by atoms with Crippen molar-refractivity contribution in [1.29, 1.82) is 0 Å². The molecule has 6 nitrogen and oxygen atoms in total. The Morgan fingerprint density at radius 2 is 1.90 bits per heavy atom. The fourth-order valence-corrected chi connectivity index (χ4v) is 4.58. The summed E-state index contributed by atoms with van der Waals surface area (Å²) in [5.41, 5.74) is 1.91. The van der Waals surface area contributed by atoms with E-state index in [1.54, 1.807) is 24.1 Å². The summed E-state index contributed by atoms with van der Waals surface area (Å²) in [4.78, 5) is 26.5. The van der Waals surface area contributed by atoms with Gasteiger partial charge in [-0.3, -0.25) is 4.79 Å². The van der Waals surface area contributed by atoms with Gasteiger partial charge in [0.15, 0.2) is 0 Å². The smallest absolute Gasteiger partial charge is 0.230 e. The number of rotatable bonds is 4. The van der Waals surface area contributed by atoms with E-state index in [2.05, 4.69) is 14.9 Å². The van der Waals surface area contributed by atoms with Crippen molar-refractivity contribution in [1.82, 2.24) is 14.9 Å². The van der Waals surface area contributed by atoms with Crippen LogP contribution >= 0.6 is 0 Å². The Kier molecular flexibility index (Phi) is 5.15. The number of ether oxygens (including phenoxy) is 1. The van der Waals surface area contributed by atoms with Crippen LogP contribution in [-0.4, -0.2) is 47.5 Å². The molecule has 29 heavy (non-hydrogen) atoms. The SMILES string of the molecule is COc1ccc(F)c(CN2CCC[C@@]3(CCN(c4nc(C)cc(C)n4)C3)C2=O)c1. The van der Waals surface area contributed by atoms with Gasteiger partial charge in [0.25, 0.3) is 0 Å². The van der Waals surface area contributed by atoms with Gasteiger partial charge in [0.05, 0.1) is 12.5 Å². The lowest BCUT2D eigenvalue weighted by molar-refractivity contribution is -0.145. The molecule has 0 radical (unpaired) electrons. The highest BCUT2D eigenvalue weighted by atomic mass is 19.1. The Bertz CT molecular complexity index is 915.